The van der Waals surface area contributed by atoms with Gasteiger partial charge >= 0.3 is 6.03 Å². The van der Waals surface area contributed by atoms with E-state index in [9.17, 15) is 4.79 Å². The quantitative estimate of drug-likeness (QED) is 0.896. The maximum absolute atomic E-state index is 12.3. The summed E-state index contributed by atoms with van der Waals surface area (Å²) in [5.74, 6) is 1.81. The Morgan fingerprint density at radius 1 is 1.38 bits per heavy atom. The number of rotatable bonds is 2. The molecule has 1 fully saturated rings. The lowest BCUT2D eigenvalue weighted by atomic mass is 9.85. The SMILES string of the molecule is CC1CCCCC1N(C)C(=O)Nc1cc(C(C)(C)C)on1. The molecule has 0 radical (unpaired) electrons. The molecule has 2 unspecified atom stereocenters. The van der Waals surface area contributed by atoms with Crippen LogP contribution >= 0.6 is 0 Å². The third-order valence-electron chi connectivity index (χ3n) is 4.37. The summed E-state index contributed by atoms with van der Waals surface area (Å²) in [5.41, 5.74) is -0.111. The van der Waals surface area contributed by atoms with Crippen LogP contribution in [-0.2, 0) is 5.41 Å². The van der Waals surface area contributed by atoms with Crippen molar-refractivity contribution in [1.29, 1.82) is 0 Å². The van der Waals surface area contributed by atoms with E-state index in [0.717, 1.165) is 12.2 Å². The number of anilines is 1. The van der Waals surface area contributed by atoms with Crippen LogP contribution in [0.2, 0.25) is 0 Å². The minimum absolute atomic E-state index is 0.109. The molecule has 2 atom stereocenters. The lowest BCUT2D eigenvalue weighted by Gasteiger charge is -2.35. The van der Waals surface area contributed by atoms with Crippen molar-refractivity contribution >= 4 is 11.8 Å². The molecule has 0 saturated heterocycles. The van der Waals surface area contributed by atoms with Crippen LogP contribution in [-0.4, -0.2) is 29.2 Å². The first-order valence-corrected chi connectivity index (χ1v) is 7.80. The molecule has 5 nitrogen and oxygen atoms in total. The maximum Gasteiger partial charge on any atom is 0.323 e. The number of carbonyl (C=O) groups is 1. The number of carbonyl (C=O) groups excluding carboxylic acids is 1. The molecule has 1 aromatic heterocycles. The second-order valence-electron chi connectivity index (χ2n) is 7.20. The molecule has 1 N–H and O–H groups in total. The fourth-order valence-corrected chi connectivity index (χ4v) is 2.91. The maximum atomic E-state index is 12.3. The topological polar surface area (TPSA) is 58.4 Å². The van der Waals surface area contributed by atoms with Crippen molar-refractivity contribution in [2.75, 3.05) is 12.4 Å². The highest BCUT2D eigenvalue weighted by Crippen LogP contribution is 2.28. The fraction of sp³-hybridized carbons (Fsp3) is 0.750. The Bertz CT molecular complexity index is 490. The van der Waals surface area contributed by atoms with Gasteiger partial charge in [-0.05, 0) is 18.8 Å². The molecule has 1 aliphatic carbocycles. The highest BCUT2D eigenvalue weighted by molar-refractivity contribution is 5.88. The van der Waals surface area contributed by atoms with E-state index >= 15 is 0 Å². The van der Waals surface area contributed by atoms with Crippen molar-refractivity contribution in [1.82, 2.24) is 10.1 Å². The van der Waals surface area contributed by atoms with Crippen molar-refractivity contribution < 1.29 is 9.32 Å². The third-order valence-corrected chi connectivity index (χ3v) is 4.37. The number of aromatic nitrogens is 1. The fourth-order valence-electron chi connectivity index (χ4n) is 2.91. The summed E-state index contributed by atoms with van der Waals surface area (Å²) in [5, 5.41) is 6.77. The van der Waals surface area contributed by atoms with Gasteiger partial charge < -0.3 is 9.42 Å². The Kier molecular flexibility index (Phi) is 4.59. The zero-order valence-corrected chi connectivity index (χ0v) is 13.8. The third kappa shape index (κ3) is 3.77. The summed E-state index contributed by atoms with van der Waals surface area (Å²) in [6, 6.07) is 2.01. The van der Waals surface area contributed by atoms with Crippen LogP contribution in [0.25, 0.3) is 0 Å². The highest BCUT2D eigenvalue weighted by atomic mass is 16.5. The van der Waals surface area contributed by atoms with Gasteiger partial charge in [-0.1, -0.05) is 45.7 Å². The first-order valence-electron chi connectivity index (χ1n) is 7.80. The van der Waals surface area contributed by atoms with Crippen molar-refractivity contribution in [2.45, 2.75) is 64.8 Å². The zero-order valence-electron chi connectivity index (χ0n) is 13.8. The predicted molar refractivity (Wildman–Crippen MR) is 83.4 cm³/mol. The summed E-state index contributed by atoms with van der Waals surface area (Å²) in [7, 11) is 1.87. The summed E-state index contributed by atoms with van der Waals surface area (Å²) in [6.07, 6.45) is 4.74. The summed E-state index contributed by atoms with van der Waals surface area (Å²) < 4.78 is 5.29. The number of nitrogens with zero attached hydrogens (tertiary/aromatic N) is 2. The average Bonchev–Trinajstić information content (AvgIpc) is 2.87. The van der Waals surface area contributed by atoms with Crippen LogP contribution in [0.15, 0.2) is 10.6 Å². The van der Waals surface area contributed by atoms with Crippen LogP contribution in [0.1, 0.15) is 59.1 Å². The number of hydrogen-bond acceptors (Lipinski definition) is 3. The standard InChI is InChI=1S/C16H27N3O2/c1-11-8-6-7-9-12(11)19(5)15(20)17-14-10-13(21-18-14)16(2,3)4/h10-12H,6-9H2,1-5H3,(H,17,18,20). The molecule has 0 aromatic carbocycles. The average molecular weight is 293 g/mol. The number of amides is 2. The molecule has 0 bridgehead atoms. The van der Waals surface area contributed by atoms with Crippen LogP contribution in [0, 0.1) is 5.92 Å². The highest BCUT2D eigenvalue weighted by Gasteiger charge is 2.28. The number of urea groups is 1. The van der Waals surface area contributed by atoms with Crippen LogP contribution in [0.3, 0.4) is 0 Å². The monoisotopic (exact) mass is 293 g/mol. The largest absolute Gasteiger partial charge is 0.359 e. The molecule has 1 heterocycles. The van der Waals surface area contributed by atoms with Crippen LogP contribution in [0.5, 0.6) is 0 Å². The summed E-state index contributed by atoms with van der Waals surface area (Å²) >= 11 is 0. The van der Waals surface area contributed by atoms with Gasteiger partial charge in [-0.15, -0.1) is 0 Å². The Balaban J connectivity index is 1.99. The molecule has 1 aromatic rings. The van der Waals surface area contributed by atoms with Gasteiger partial charge in [0.15, 0.2) is 5.82 Å². The van der Waals surface area contributed by atoms with E-state index in [1.165, 1.54) is 19.3 Å². The Morgan fingerprint density at radius 2 is 2.05 bits per heavy atom. The Morgan fingerprint density at radius 3 is 2.62 bits per heavy atom. The van der Waals surface area contributed by atoms with E-state index in [1.807, 2.05) is 11.9 Å². The molecule has 5 heteroatoms. The number of nitrogens with one attached hydrogen (secondary N) is 1. The molecular formula is C16H27N3O2. The second kappa shape index (κ2) is 6.08. The van der Waals surface area contributed by atoms with E-state index < -0.39 is 0 Å². The first-order chi connectivity index (χ1) is 9.79. The molecule has 118 valence electrons. The summed E-state index contributed by atoms with van der Waals surface area (Å²) in [6.45, 7) is 8.38. The van der Waals surface area contributed by atoms with E-state index in [0.29, 0.717) is 17.8 Å². The van der Waals surface area contributed by atoms with Gasteiger partial charge in [-0.3, -0.25) is 5.32 Å². The van der Waals surface area contributed by atoms with Crippen molar-refractivity contribution in [2.24, 2.45) is 5.92 Å². The Labute approximate surface area is 127 Å². The van der Waals surface area contributed by atoms with E-state index in [2.05, 4.69) is 38.2 Å². The van der Waals surface area contributed by atoms with Crippen LogP contribution in [0.4, 0.5) is 10.6 Å². The predicted octanol–water partition coefficient (Wildman–Crippen LogP) is 4.01. The first kappa shape index (κ1) is 15.9. The normalized spacial score (nSPS) is 22.9. The van der Waals surface area contributed by atoms with Gasteiger partial charge in [-0.2, -0.15) is 0 Å². The Hall–Kier alpha value is -1.52. The molecule has 1 saturated carbocycles. The van der Waals surface area contributed by atoms with Crippen molar-refractivity contribution in [3.63, 3.8) is 0 Å². The van der Waals surface area contributed by atoms with Crippen LogP contribution < -0.4 is 5.32 Å². The van der Waals surface area contributed by atoms with Gasteiger partial charge in [0.2, 0.25) is 0 Å². The van der Waals surface area contributed by atoms with E-state index in [-0.39, 0.29) is 11.4 Å². The van der Waals surface area contributed by atoms with Gasteiger partial charge in [0, 0.05) is 24.6 Å². The smallest absolute Gasteiger partial charge is 0.323 e. The molecule has 0 spiro atoms. The minimum atomic E-state index is -0.111. The molecule has 21 heavy (non-hydrogen) atoms. The van der Waals surface area contributed by atoms with Gasteiger partial charge in [0.25, 0.3) is 0 Å². The van der Waals surface area contributed by atoms with Crippen molar-refractivity contribution in [3.05, 3.63) is 11.8 Å². The molecule has 2 rings (SSSR count). The zero-order chi connectivity index (χ0) is 15.6. The van der Waals surface area contributed by atoms with Gasteiger partial charge in [-0.25, -0.2) is 4.79 Å². The lowest BCUT2D eigenvalue weighted by Crippen LogP contribution is -2.44. The lowest BCUT2D eigenvalue weighted by molar-refractivity contribution is 0.155. The molecule has 0 aliphatic heterocycles. The number of hydrogen-bond donors (Lipinski definition) is 1. The second-order valence-corrected chi connectivity index (χ2v) is 7.20. The van der Waals surface area contributed by atoms with Gasteiger partial charge in [0.05, 0.1) is 0 Å². The van der Waals surface area contributed by atoms with E-state index in [4.69, 9.17) is 4.52 Å². The van der Waals surface area contributed by atoms with Crippen molar-refractivity contribution in [3.8, 4) is 0 Å². The molecular weight excluding hydrogens is 266 g/mol. The van der Waals surface area contributed by atoms with E-state index in [1.54, 1.807) is 6.07 Å². The van der Waals surface area contributed by atoms with Gasteiger partial charge in [0.1, 0.15) is 5.76 Å². The minimum Gasteiger partial charge on any atom is -0.359 e. The summed E-state index contributed by atoms with van der Waals surface area (Å²) in [4.78, 5) is 14.2. The molecule has 1 aliphatic rings. The molecule has 2 amide bonds.